The molecule has 1 aliphatic rings. The van der Waals surface area contributed by atoms with E-state index in [1.807, 2.05) is 6.92 Å². The number of rotatable bonds is 8. The molecule has 4 heteroatoms. The van der Waals surface area contributed by atoms with Crippen LogP contribution in [0.25, 0.3) is 0 Å². The summed E-state index contributed by atoms with van der Waals surface area (Å²) in [5, 5.41) is 6.39. The van der Waals surface area contributed by atoms with Crippen molar-refractivity contribution in [2.75, 3.05) is 20.3 Å². The van der Waals surface area contributed by atoms with Gasteiger partial charge in [0.05, 0.1) is 12.6 Å². The number of ether oxygens (including phenoxy) is 1. The number of amides is 1. The fraction of sp³-hybridized carbons (Fsp3) is 0.938. The number of nitrogens with one attached hydrogen (secondary N) is 2. The van der Waals surface area contributed by atoms with Gasteiger partial charge < -0.3 is 15.4 Å². The van der Waals surface area contributed by atoms with E-state index in [2.05, 4.69) is 17.6 Å². The molecule has 0 heterocycles. The molecule has 3 unspecified atom stereocenters. The second kappa shape index (κ2) is 10.2. The molecule has 0 saturated heterocycles. The van der Waals surface area contributed by atoms with Crippen molar-refractivity contribution in [1.82, 2.24) is 10.6 Å². The number of hydrogen-bond acceptors (Lipinski definition) is 3. The molecular formula is C16H32N2O2. The van der Waals surface area contributed by atoms with Crippen molar-refractivity contribution in [2.45, 2.75) is 70.9 Å². The highest BCUT2D eigenvalue weighted by Gasteiger charge is 2.21. The minimum Gasteiger partial charge on any atom is -0.383 e. The summed E-state index contributed by atoms with van der Waals surface area (Å²) in [6, 6.07) is 0.389. The Labute approximate surface area is 124 Å². The predicted octanol–water partition coefficient (Wildman–Crippen LogP) is 2.48. The number of carbonyl (C=O) groups is 1. The molecule has 4 nitrogen and oxygen atoms in total. The molecule has 0 spiro atoms. The molecule has 1 saturated carbocycles. The van der Waals surface area contributed by atoms with E-state index in [0.29, 0.717) is 19.2 Å². The molecule has 118 valence electrons. The summed E-state index contributed by atoms with van der Waals surface area (Å²) in [4.78, 5) is 11.9. The van der Waals surface area contributed by atoms with Crippen molar-refractivity contribution in [2.24, 2.45) is 5.92 Å². The van der Waals surface area contributed by atoms with E-state index in [1.165, 1.54) is 44.9 Å². The molecule has 0 aliphatic heterocycles. The topological polar surface area (TPSA) is 50.4 Å². The van der Waals surface area contributed by atoms with Gasteiger partial charge in [0.1, 0.15) is 0 Å². The SMILES string of the molecule is CCCC1CCCC(NC(C)C(=O)NCCOC)CC1. The van der Waals surface area contributed by atoms with E-state index in [4.69, 9.17) is 4.74 Å². The fourth-order valence-electron chi connectivity index (χ4n) is 3.10. The third-order valence-corrected chi connectivity index (χ3v) is 4.27. The maximum Gasteiger partial charge on any atom is 0.236 e. The first kappa shape index (κ1) is 17.4. The minimum atomic E-state index is -0.111. The van der Waals surface area contributed by atoms with Gasteiger partial charge in [0.15, 0.2) is 0 Å². The smallest absolute Gasteiger partial charge is 0.236 e. The predicted molar refractivity (Wildman–Crippen MR) is 82.8 cm³/mol. The first-order chi connectivity index (χ1) is 9.67. The Morgan fingerprint density at radius 2 is 2.10 bits per heavy atom. The summed E-state index contributed by atoms with van der Waals surface area (Å²) in [6.45, 7) is 5.38. The van der Waals surface area contributed by atoms with E-state index in [1.54, 1.807) is 7.11 Å². The van der Waals surface area contributed by atoms with Gasteiger partial charge in [-0.15, -0.1) is 0 Å². The van der Waals surface area contributed by atoms with Crippen molar-refractivity contribution in [3.05, 3.63) is 0 Å². The van der Waals surface area contributed by atoms with Crippen LogP contribution in [0, 0.1) is 5.92 Å². The zero-order valence-electron chi connectivity index (χ0n) is 13.4. The second-order valence-electron chi connectivity index (χ2n) is 6.03. The molecule has 0 radical (unpaired) electrons. The maximum absolute atomic E-state index is 11.9. The Kier molecular flexibility index (Phi) is 8.86. The number of methoxy groups -OCH3 is 1. The van der Waals surface area contributed by atoms with Gasteiger partial charge in [-0.3, -0.25) is 4.79 Å². The monoisotopic (exact) mass is 284 g/mol. The summed E-state index contributed by atoms with van der Waals surface area (Å²) >= 11 is 0. The lowest BCUT2D eigenvalue weighted by Crippen LogP contribution is -2.47. The van der Waals surface area contributed by atoms with Gasteiger partial charge in [0, 0.05) is 19.7 Å². The second-order valence-corrected chi connectivity index (χ2v) is 6.03. The lowest BCUT2D eigenvalue weighted by atomic mass is 9.95. The van der Waals surface area contributed by atoms with Crippen LogP contribution in [0.3, 0.4) is 0 Å². The molecule has 2 N–H and O–H groups in total. The molecule has 0 bridgehead atoms. The van der Waals surface area contributed by atoms with Crippen molar-refractivity contribution < 1.29 is 9.53 Å². The van der Waals surface area contributed by atoms with Gasteiger partial charge in [0.25, 0.3) is 0 Å². The Hall–Kier alpha value is -0.610. The molecule has 0 aromatic carbocycles. The van der Waals surface area contributed by atoms with E-state index >= 15 is 0 Å². The average Bonchev–Trinajstić information content (AvgIpc) is 2.65. The Balaban J connectivity index is 2.27. The van der Waals surface area contributed by atoms with Crippen molar-refractivity contribution >= 4 is 5.91 Å². The van der Waals surface area contributed by atoms with Crippen molar-refractivity contribution in [3.8, 4) is 0 Å². The normalized spacial score (nSPS) is 24.9. The molecule has 1 amide bonds. The Morgan fingerprint density at radius 1 is 1.30 bits per heavy atom. The number of hydrogen-bond donors (Lipinski definition) is 2. The van der Waals surface area contributed by atoms with E-state index in [9.17, 15) is 4.79 Å². The summed E-state index contributed by atoms with van der Waals surface area (Å²) < 4.78 is 4.94. The fourth-order valence-corrected chi connectivity index (χ4v) is 3.10. The van der Waals surface area contributed by atoms with Crippen LogP contribution in [0.15, 0.2) is 0 Å². The van der Waals surface area contributed by atoms with Crippen LogP contribution in [0.4, 0.5) is 0 Å². The van der Waals surface area contributed by atoms with Crippen LogP contribution < -0.4 is 10.6 Å². The Morgan fingerprint density at radius 3 is 2.80 bits per heavy atom. The third kappa shape index (κ3) is 6.71. The van der Waals surface area contributed by atoms with Gasteiger partial charge in [-0.25, -0.2) is 0 Å². The van der Waals surface area contributed by atoms with E-state index in [-0.39, 0.29) is 11.9 Å². The summed E-state index contributed by atoms with van der Waals surface area (Å²) in [6.07, 6.45) is 9.03. The lowest BCUT2D eigenvalue weighted by molar-refractivity contribution is -0.123. The standard InChI is InChI=1S/C16H32N2O2/c1-4-6-14-7-5-8-15(10-9-14)18-13(2)16(19)17-11-12-20-3/h13-15,18H,4-12H2,1-3H3,(H,17,19). The molecule has 0 aromatic heterocycles. The van der Waals surface area contributed by atoms with Crippen LogP contribution in [0.1, 0.15) is 58.8 Å². The zero-order valence-corrected chi connectivity index (χ0v) is 13.4. The highest BCUT2D eigenvalue weighted by atomic mass is 16.5. The molecule has 1 rings (SSSR count). The summed E-state index contributed by atoms with van der Waals surface area (Å²) in [7, 11) is 1.64. The van der Waals surface area contributed by atoms with E-state index in [0.717, 1.165) is 5.92 Å². The highest BCUT2D eigenvalue weighted by molar-refractivity contribution is 5.81. The minimum absolute atomic E-state index is 0.0800. The maximum atomic E-state index is 11.9. The van der Waals surface area contributed by atoms with Gasteiger partial charge in [-0.05, 0) is 32.1 Å². The molecule has 1 aliphatic carbocycles. The summed E-state index contributed by atoms with van der Waals surface area (Å²) in [5.41, 5.74) is 0. The molecule has 1 fully saturated rings. The molecule has 3 atom stereocenters. The van der Waals surface area contributed by atoms with Crippen LogP contribution >= 0.6 is 0 Å². The summed E-state index contributed by atoms with van der Waals surface area (Å²) in [5.74, 6) is 0.981. The van der Waals surface area contributed by atoms with Crippen LogP contribution in [0.2, 0.25) is 0 Å². The van der Waals surface area contributed by atoms with Crippen molar-refractivity contribution in [1.29, 1.82) is 0 Å². The quantitative estimate of drug-likeness (QED) is 0.532. The van der Waals surface area contributed by atoms with Gasteiger partial charge in [0.2, 0.25) is 5.91 Å². The first-order valence-electron chi connectivity index (χ1n) is 8.20. The van der Waals surface area contributed by atoms with Gasteiger partial charge in [-0.2, -0.15) is 0 Å². The third-order valence-electron chi connectivity index (χ3n) is 4.27. The first-order valence-corrected chi connectivity index (χ1v) is 8.20. The largest absolute Gasteiger partial charge is 0.383 e. The van der Waals surface area contributed by atoms with Gasteiger partial charge >= 0.3 is 0 Å². The molecule has 0 aromatic rings. The molecule has 20 heavy (non-hydrogen) atoms. The van der Waals surface area contributed by atoms with Crippen LogP contribution in [0.5, 0.6) is 0 Å². The van der Waals surface area contributed by atoms with Crippen LogP contribution in [-0.2, 0) is 9.53 Å². The number of carbonyl (C=O) groups excluding carboxylic acids is 1. The average molecular weight is 284 g/mol. The van der Waals surface area contributed by atoms with E-state index < -0.39 is 0 Å². The zero-order chi connectivity index (χ0) is 14.8. The van der Waals surface area contributed by atoms with Crippen molar-refractivity contribution in [3.63, 3.8) is 0 Å². The lowest BCUT2D eigenvalue weighted by Gasteiger charge is -2.21. The van der Waals surface area contributed by atoms with Gasteiger partial charge in [-0.1, -0.05) is 32.6 Å². The molecular weight excluding hydrogens is 252 g/mol. The highest BCUT2D eigenvalue weighted by Crippen LogP contribution is 2.26. The Bertz CT molecular complexity index is 271. The van der Waals surface area contributed by atoms with Crippen LogP contribution in [-0.4, -0.2) is 38.3 Å².